The second-order valence-corrected chi connectivity index (χ2v) is 25.7. The van der Waals surface area contributed by atoms with E-state index in [1.807, 2.05) is 0 Å². The van der Waals surface area contributed by atoms with Gasteiger partial charge < -0.3 is 31.1 Å². The summed E-state index contributed by atoms with van der Waals surface area (Å²) in [6.07, 6.45) is 4.46. The van der Waals surface area contributed by atoms with E-state index in [0.717, 1.165) is 14.7 Å². The molecule has 3 fully saturated rings. The minimum Gasteiger partial charge on any atom is -0.370 e. The van der Waals surface area contributed by atoms with Crippen LogP contribution in [0.4, 0.5) is 82.6 Å². The molecule has 3 aromatic heterocycles. The number of nitrogens with zero attached hydrogens (tertiary/aromatic N) is 9. The third-order valence-electron chi connectivity index (χ3n) is 13.5. The molecule has 0 atom stereocenters. The first-order chi connectivity index (χ1) is 43.5. The van der Waals surface area contributed by atoms with Crippen LogP contribution in [0.3, 0.4) is 0 Å². The number of thioether (sulfide) groups is 3. The lowest BCUT2D eigenvalue weighted by Gasteiger charge is -2.27. The van der Waals surface area contributed by atoms with Crippen LogP contribution in [-0.4, -0.2) is 116 Å². The summed E-state index contributed by atoms with van der Waals surface area (Å²) >= 11 is 5.07. The fourth-order valence-electron chi connectivity index (χ4n) is 9.11. The molecule has 0 radical (unpaired) electrons. The highest BCUT2D eigenvalue weighted by molar-refractivity contribution is 8.00. The van der Waals surface area contributed by atoms with Crippen molar-refractivity contribution in [3.8, 4) is 0 Å². The monoisotopic (exact) mass is 1390 g/mol. The molecule has 9 rings (SSSR count). The minimum atomic E-state index is -4.43. The zero-order valence-electron chi connectivity index (χ0n) is 51.0. The molecule has 0 bridgehead atoms. The van der Waals surface area contributed by atoms with Crippen LogP contribution in [-0.2, 0) is 48.4 Å². The number of carbonyl (C=O) groups is 9. The van der Waals surface area contributed by atoms with Gasteiger partial charge in [-0.2, -0.15) is 39.5 Å². The van der Waals surface area contributed by atoms with E-state index in [1.165, 1.54) is 127 Å². The van der Waals surface area contributed by atoms with E-state index in [4.69, 9.17) is 11.6 Å². The molecule has 0 aliphatic carbocycles. The van der Waals surface area contributed by atoms with Crippen molar-refractivity contribution in [2.75, 3.05) is 25.3 Å². The Morgan fingerprint density at radius 3 is 0.926 bits per heavy atom. The normalized spacial score (nSPS) is 15.9. The van der Waals surface area contributed by atoms with E-state index in [1.54, 1.807) is 77.9 Å². The average molecular weight is 1390 g/mol. The van der Waals surface area contributed by atoms with Gasteiger partial charge in [0.2, 0.25) is 17.7 Å². The smallest absolute Gasteiger partial charge is 0.370 e. The number of carbonyl (C=O) groups excluding carboxylic acids is 9. The van der Waals surface area contributed by atoms with E-state index in [9.17, 15) is 82.7 Å². The Bertz CT molecular complexity index is 3680. The topological polar surface area (TPSA) is 262 Å². The highest BCUT2D eigenvalue weighted by Gasteiger charge is 2.54. The molecule has 3 aliphatic heterocycles. The first-order valence-electron chi connectivity index (χ1n) is 27.4. The average Bonchev–Trinajstić information content (AvgIpc) is 1.62. The maximum Gasteiger partial charge on any atom is 0.446 e. The van der Waals surface area contributed by atoms with E-state index in [2.05, 4.69) is 31.3 Å². The number of anilines is 5. The first kappa shape index (κ1) is 74.1. The molecule has 6 aromatic rings. The molecule has 0 spiro atoms. The number of amides is 12. The number of nitrogens with two attached hydrogens (primary N) is 1. The number of aromatic nitrogens is 3. The van der Waals surface area contributed by atoms with Gasteiger partial charge in [0, 0.05) is 73.7 Å². The fourth-order valence-corrected chi connectivity index (χ4v) is 10.9. The van der Waals surface area contributed by atoms with Gasteiger partial charge in [-0.05, 0) is 203 Å². The van der Waals surface area contributed by atoms with Gasteiger partial charge in [0.25, 0.3) is 17.7 Å². The number of halogens is 10. The summed E-state index contributed by atoms with van der Waals surface area (Å²) in [5.41, 5.74) is -9.73. The zero-order valence-corrected chi connectivity index (χ0v) is 54.2. The Morgan fingerprint density at radius 1 is 0.447 bits per heavy atom. The summed E-state index contributed by atoms with van der Waals surface area (Å²) in [7, 11) is 0. The van der Waals surface area contributed by atoms with Gasteiger partial charge in [-0.1, -0.05) is 11.6 Å². The van der Waals surface area contributed by atoms with Crippen molar-refractivity contribution in [1.82, 2.24) is 29.7 Å². The van der Waals surface area contributed by atoms with Crippen molar-refractivity contribution in [3.63, 3.8) is 0 Å². The number of benzene rings is 3. The molecular formula is C60H58ClF9N12O9S3. The predicted octanol–water partition coefficient (Wildman–Crippen LogP) is 13.4. The number of pyridine rings is 3. The summed E-state index contributed by atoms with van der Waals surface area (Å²) in [6.45, 7) is 13.9. The van der Waals surface area contributed by atoms with Crippen molar-refractivity contribution in [2.45, 2.75) is 130 Å². The Hall–Kier alpha value is -8.95. The van der Waals surface area contributed by atoms with Crippen molar-refractivity contribution < 1.29 is 82.7 Å². The molecule has 3 aliphatic rings. The summed E-state index contributed by atoms with van der Waals surface area (Å²) in [5.74, 6) is -1.75. The molecule has 12 amide bonds. The number of nitrogens with one attached hydrogen (secondary N) is 2. The Morgan fingerprint density at radius 2 is 0.691 bits per heavy atom. The SMILES string of the molecule is CC(=O)Nc1cc(CN2C(=O)N(c3ccc(SC(F)(F)F)cc3)C(=O)C2(C)C)ccn1.CC(=O)Nc1cc(CN2C(=O)N(c3ccc(SC(F)(F)F)cc3)C(=O)C2(C)C)ccn1.CC(N)=O.CC1(C)C(=O)N(c2ccc(SC(F)(F)F)cc2)C(=O)N1Cc1ccnc(Cl)c1. The summed E-state index contributed by atoms with van der Waals surface area (Å²) in [4.78, 5) is 128. The minimum absolute atomic E-state index is 0.0297. The summed E-state index contributed by atoms with van der Waals surface area (Å²) in [6, 6.07) is 23.3. The Balaban J connectivity index is 0.000000217. The summed E-state index contributed by atoms with van der Waals surface area (Å²) in [5, 5.41) is 5.37. The molecule has 6 heterocycles. The first-order valence-corrected chi connectivity index (χ1v) is 30.2. The molecule has 21 nitrogen and oxygen atoms in total. The molecule has 0 unspecified atom stereocenters. The van der Waals surface area contributed by atoms with Crippen molar-refractivity contribution in [1.29, 1.82) is 0 Å². The molecule has 3 saturated heterocycles. The van der Waals surface area contributed by atoms with Gasteiger partial charge in [-0.25, -0.2) is 44.0 Å². The number of primary amides is 1. The van der Waals surface area contributed by atoms with Crippen molar-refractivity contribution in [2.24, 2.45) is 5.73 Å². The van der Waals surface area contributed by atoms with Crippen LogP contribution >= 0.6 is 46.9 Å². The second kappa shape index (κ2) is 29.6. The van der Waals surface area contributed by atoms with Crippen LogP contribution in [0, 0.1) is 0 Å². The predicted molar refractivity (Wildman–Crippen MR) is 334 cm³/mol. The maximum atomic E-state index is 13.1. The van der Waals surface area contributed by atoms with E-state index in [-0.39, 0.29) is 110 Å². The van der Waals surface area contributed by atoms with Crippen LogP contribution in [0.1, 0.15) is 79.0 Å². The van der Waals surface area contributed by atoms with Gasteiger partial charge in [-0.3, -0.25) is 28.8 Å². The van der Waals surface area contributed by atoms with Crippen LogP contribution in [0.15, 0.2) is 142 Å². The van der Waals surface area contributed by atoms with Gasteiger partial charge >= 0.3 is 34.6 Å². The lowest BCUT2D eigenvalue weighted by atomic mass is 10.0. The second-order valence-electron chi connectivity index (χ2n) is 21.9. The maximum absolute atomic E-state index is 13.1. The number of alkyl halides is 9. The van der Waals surface area contributed by atoms with Crippen LogP contribution < -0.4 is 31.1 Å². The van der Waals surface area contributed by atoms with E-state index < -0.39 is 69.0 Å². The molecule has 3 aromatic carbocycles. The number of urea groups is 3. The Labute approximate surface area is 549 Å². The van der Waals surface area contributed by atoms with E-state index in [0.29, 0.717) is 28.3 Å². The van der Waals surface area contributed by atoms with Gasteiger partial charge in [0.05, 0.1) is 17.1 Å². The third-order valence-corrected chi connectivity index (χ3v) is 16.0. The van der Waals surface area contributed by atoms with Gasteiger partial charge in [-0.15, -0.1) is 0 Å². The number of hydrogen-bond donors (Lipinski definition) is 3. The van der Waals surface area contributed by atoms with Crippen molar-refractivity contribution in [3.05, 3.63) is 150 Å². The van der Waals surface area contributed by atoms with Gasteiger partial charge in [0.1, 0.15) is 33.4 Å². The fraction of sp³-hybridized carbons (Fsp3) is 0.300. The Kier molecular flexibility index (Phi) is 23.3. The number of hydrogen-bond acceptors (Lipinski definition) is 15. The molecule has 500 valence electrons. The van der Waals surface area contributed by atoms with Crippen molar-refractivity contribution >= 4 is 129 Å². The lowest BCUT2D eigenvalue weighted by molar-refractivity contribution is -0.124. The number of imide groups is 3. The molecule has 4 N–H and O–H groups in total. The molecular weight excluding hydrogens is 1340 g/mol. The largest absolute Gasteiger partial charge is 0.446 e. The lowest BCUT2D eigenvalue weighted by Crippen LogP contribution is -2.43. The van der Waals surface area contributed by atoms with Gasteiger partial charge in [0.15, 0.2) is 0 Å². The quantitative estimate of drug-likeness (QED) is 0.0396. The highest BCUT2D eigenvalue weighted by atomic mass is 35.5. The molecule has 34 heteroatoms. The highest BCUT2D eigenvalue weighted by Crippen LogP contribution is 2.43. The number of rotatable bonds is 14. The van der Waals surface area contributed by atoms with Crippen LogP contribution in [0.5, 0.6) is 0 Å². The third kappa shape index (κ3) is 19.3. The molecule has 0 saturated carbocycles. The van der Waals surface area contributed by atoms with Crippen LogP contribution in [0.2, 0.25) is 5.15 Å². The zero-order chi connectivity index (χ0) is 70.2. The van der Waals surface area contributed by atoms with Crippen LogP contribution in [0.25, 0.3) is 0 Å². The standard InChI is InChI=1S/2C20H19F3N4O3S.C18H15ClF3N3O2S.C2H5NO/c2*1-12(28)25-16-10-13(8-9-24-16)11-26-18(30)27(17(29)19(26,2)3)14-4-6-15(7-5-14)31-20(21,22)23;1-17(2)15(26)25(12-3-5-13(6-4-12)28-18(20,21)22)16(27)24(17)10-11-7-8-23-14(19)9-11;1-2(3)4/h2*4-10H,11H2,1-3H3,(H,24,25,28);3-9H,10H2,1-2H3;1H3,(H2,3,4). The summed E-state index contributed by atoms with van der Waals surface area (Å²) < 4.78 is 113. The molecule has 94 heavy (non-hydrogen) atoms. The van der Waals surface area contributed by atoms with E-state index >= 15 is 0 Å².